The Hall–Kier alpha value is -0.520. The highest BCUT2D eigenvalue weighted by atomic mass is 13.7. The molecule has 0 aliphatic carbocycles. The second-order valence-electron chi connectivity index (χ2n) is 0.500. The lowest BCUT2D eigenvalue weighted by molar-refractivity contribution is 1.58. The summed E-state index contributed by atoms with van der Waals surface area (Å²) in [7, 11) is 0. The second-order valence-corrected chi connectivity index (χ2v) is 0.500. The summed E-state index contributed by atoms with van der Waals surface area (Å²) < 4.78 is 54.5. The molecule has 0 aromatic heterocycles. The molecule has 0 aliphatic heterocycles. The van der Waals surface area contributed by atoms with Crippen LogP contribution >= 0.6 is 0 Å². The van der Waals surface area contributed by atoms with E-state index in [9.17, 15) is 0 Å². The Kier molecular flexibility index (Phi) is 0.146. The van der Waals surface area contributed by atoms with Gasteiger partial charge < -0.3 is 0 Å². The average molecular weight is 76.2 g/mol. The summed E-state index contributed by atoms with van der Waals surface area (Å²) in [5.41, 5.74) is -0.868. The standard InChI is InChI=1S/C5H8/c1-4-5(2)3/h4H,1-2H2,3H3/i1D2,2D2,3D3,4D. The predicted octanol–water partition coefficient (Wildman–Crippen LogP) is 1.75. The first kappa shape index (κ1) is 0.412. The molecular weight excluding hydrogens is 60.1 g/mol. The van der Waals surface area contributed by atoms with Gasteiger partial charge in [-0.1, -0.05) is 24.7 Å². The maximum atomic E-state index is 7.02. The third-order valence-electron chi connectivity index (χ3n) is 0.125. The molecule has 0 N–H and O–H groups in total. The Morgan fingerprint density at radius 3 is 3.80 bits per heavy atom. The summed E-state index contributed by atoms with van der Waals surface area (Å²) >= 11 is 0. The van der Waals surface area contributed by atoms with Crippen molar-refractivity contribution in [2.75, 3.05) is 0 Å². The van der Waals surface area contributed by atoms with Crippen LogP contribution in [0.5, 0.6) is 0 Å². The highest BCUT2D eigenvalue weighted by Gasteiger charge is 1.59. The van der Waals surface area contributed by atoms with E-state index in [4.69, 9.17) is 11.0 Å². The molecule has 28 valence electrons. The van der Waals surface area contributed by atoms with E-state index in [0.717, 1.165) is 0 Å². The largest absolute Gasteiger partial charge is 0.0988 e. The maximum Gasteiger partial charge on any atom is 0.0619 e. The van der Waals surface area contributed by atoms with E-state index in [0.29, 0.717) is 0 Å². The number of rotatable bonds is 1. The third-order valence-corrected chi connectivity index (χ3v) is 0.125. The van der Waals surface area contributed by atoms with E-state index in [1.807, 2.05) is 0 Å². The van der Waals surface area contributed by atoms with Crippen LogP contribution < -0.4 is 0 Å². The second kappa shape index (κ2) is 1.77. The molecule has 0 rings (SSSR count). The number of hydrogen-bond donors (Lipinski definition) is 0. The molecule has 0 heterocycles. The van der Waals surface area contributed by atoms with Crippen LogP contribution in [0.25, 0.3) is 0 Å². The molecule has 0 bridgehead atoms. The minimum Gasteiger partial charge on any atom is -0.0988 e. The zero-order valence-corrected chi connectivity index (χ0v) is 2.50. The minimum atomic E-state index is -2.79. The molecular formula is C5H8. The minimum absolute atomic E-state index is 0.868. The first-order valence-electron chi connectivity index (χ1n) is 5.00. The molecule has 0 spiro atoms. The van der Waals surface area contributed by atoms with Gasteiger partial charge in [-0.3, -0.25) is 0 Å². The lowest BCUT2D eigenvalue weighted by Crippen LogP contribution is -1.50. The van der Waals surface area contributed by atoms with E-state index in [-0.39, 0.29) is 0 Å². The van der Waals surface area contributed by atoms with Crippen LogP contribution in [0, 0.1) is 0 Å². The van der Waals surface area contributed by atoms with Crippen LogP contribution in [0.15, 0.2) is 24.7 Å². The topological polar surface area (TPSA) is 0 Å². The summed E-state index contributed by atoms with van der Waals surface area (Å²) in [4.78, 5) is 0. The van der Waals surface area contributed by atoms with Gasteiger partial charge >= 0.3 is 0 Å². The van der Waals surface area contributed by atoms with Crippen molar-refractivity contribution in [1.82, 2.24) is 0 Å². The van der Waals surface area contributed by atoms with Crippen LogP contribution in [0.2, 0.25) is 0 Å². The van der Waals surface area contributed by atoms with Crippen LogP contribution in [0.4, 0.5) is 0 Å². The van der Waals surface area contributed by atoms with E-state index in [1.165, 1.54) is 0 Å². The summed E-state index contributed by atoms with van der Waals surface area (Å²) in [6, 6.07) is -0.903. The number of hydrogen-bond acceptors (Lipinski definition) is 0. The van der Waals surface area contributed by atoms with Crippen LogP contribution in [-0.4, -0.2) is 0 Å². The lowest BCUT2D eigenvalue weighted by atomic mass is 10.4. The van der Waals surface area contributed by atoms with Crippen molar-refractivity contribution in [3.05, 3.63) is 24.7 Å². The highest BCUT2D eigenvalue weighted by Crippen LogP contribution is 1.81. The van der Waals surface area contributed by atoms with Gasteiger partial charge in [-0.25, -0.2) is 0 Å². The van der Waals surface area contributed by atoms with Gasteiger partial charge in [-0.05, 0) is 6.85 Å². The molecule has 0 aliphatic rings. The predicted molar refractivity (Wildman–Crippen MR) is 25.0 cm³/mol. The molecule has 0 unspecified atom stereocenters. The fraction of sp³-hybridized carbons (Fsp3) is 0.200. The Bertz CT molecular complexity index is 248. The first-order valence-corrected chi connectivity index (χ1v) is 1.00. The smallest absolute Gasteiger partial charge is 0.0619 e. The molecule has 0 saturated heterocycles. The molecule has 0 aromatic rings. The van der Waals surface area contributed by atoms with E-state index in [2.05, 4.69) is 0 Å². The quantitative estimate of drug-likeness (QED) is 0.417. The molecule has 0 aromatic carbocycles. The van der Waals surface area contributed by atoms with Crippen molar-refractivity contribution < 1.29 is 11.0 Å². The summed E-state index contributed by atoms with van der Waals surface area (Å²) in [6.07, 6.45) is 0. The lowest BCUT2D eigenvalue weighted by Gasteiger charge is -1.71. The van der Waals surface area contributed by atoms with Crippen molar-refractivity contribution in [2.24, 2.45) is 0 Å². The van der Waals surface area contributed by atoms with Gasteiger partial charge in [0, 0.05) is 4.11 Å². The summed E-state index contributed by atoms with van der Waals surface area (Å²) in [5, 5.41) is 0. The van der Waals surface area contributed by atoms with Gasteiger partial charge in [-0.2, -0.15) is 0 Å². The van der Waals surface area contributed by atoms with Gasteiger partial charge in [0.15, 0.2) is 0 Å². The van der Waals surface area contributed by atoms with E-state index in [1.54, 1.807) is 0 Å². The molecule has 0 amide bonds. The van der Waals surface area contributed by atoms with E-state index >= 15 is 0 Å². The first-order chi connectivity index (χ1) is 5.68. The molecule has 0 radical (unpaired) electrons. The van der Waals surface area contributed by atoms with Crippen molar-refractivity contribution >= 4 is 0 Å². The van der Waals surface area contributed by atoms with Gasteiger partial charge in [0.2, 0.25) is 0 Å². The fourth-order valence-corrected chi connectivity index (χ4v) is 0. The Balaban J connectivity index is 5.37. The average Bonchev–Trinajstić information content (AvgIpc) is 1.82. The SMILES string of the molecule is [2H]C([2H])=C([2H])C(=C([2H])[2H])C([2H])([2H])[2H]. The zero-order valence-electron chi connectivity index (χ0n) is 10.5. The fourth-order valence-electron chi connectivity index (χ4n) is 0. The normalized spacial score (nSPS) is 30.4. The van der Waals surface area contributed by atoms with Gasteiger partial charge in [0.25, 0.3) is 0 Å². The number of allylic oxidation sites excluding steroid dienone is 2. The van der Waals surface area contributed by atoms with Gasteiger partial charge in [0.1, 0.15) is 0 Å². The molecule has 5 heavy (non-hydrogen) atoms. The van der Waals surface area contributed by atoms with Gasteiger partial charge in [-0.15, -0.1) is 0 Å². The summed E-state index contributed by atoms with van der Waals surface area (Å²) in [5.74, 6) is 0. The Morgan fingerprint density at radius 1 is 2.60 bits per heavy atom. The third kappa shape index (κ3) is 3.48. The molecule has 0 saturated carbocycles. The molecule has 0 fully saturated rings. The van der Waals surface area contributed by atoms with Crippen molar-refractivity contribution in [1.29, 1.82) is 0 Å². The van der Waals surface area contributed by atoms with Gasteiger partial charge in [0.05, 0.1) is 6.85 Å². The molecule has 0 heteroatoms. The Morgan fingerprint density at radius 2 is 3.60 bits per heavy atom. The highest BCUT2D eigenvalue weighted by molar-refractivity contribution is 5.05. The van der Waals surface area contributed by atoms with Crippen molar-refractivity contribution in [2.45, 2.75) is 6.85 Å². The van der Waals surface area contributed by atoms with Crippen LogP contribution in [0.3, 0.4) is 0 Å². The van der Waals surface area contributed by atoms with Crippen LogP contribution in [0.1, 0.15) is 17.8 Å². The summed E-state index contributed by atoms with van der Waals surface area (Å²) in [6.45, 7) is -4.85. The van der Waals surface area contributed by atoms with Crippen molar-refractivity contribution in [3.63, 3.8) is 0 Å². The molecule has 0 atom stereocenters. The zero-order chi connectivity index (χ0) is 10.8. The van der Waals surface area contributed by atoms with Crippen LogP contribution in [-0.2, 0) is 0 Å². The molecule has 0 nitrogen and oxygen atoms in total. The van der Waals surface area contributed by atoms with Crippen molar-refractivity contribution in [3.8, 4) is 0 Å². The van der Waals surface area contributed by atoms with E-state index < -0.39 is 31.5 Å². The maximum absolute atomic E-state index is 7.02. The monoisotopic (exact) mass is 76.1 g/mol. The Labute approximate surface area is 44.1 Å².